The fraction of sp³-hybridized carbons (Fsp3) is 0.286. The molecule has 0 saturated heterocycles. The maximum atomic E-state index is 15.3. The summed E-state index contributed by atoms with van der Waals surface area (Å²) in [7, 11) is 2.67. The third-order valence-corrected chi connectivity index (χ3v) is 6.54. The van der Waals surface area contributed by atoms with Gasteiger partial charge in [0, 0.05) is 11.9 Å². The highest BCUT2D eigenvalue weighted by Gasteiger charge is 2.44. The fourth-order valence-electron chi connectivity index (χ4n) is 3.69. The predicted molar refractivity (Wildman–Crippen MR) is 115 cm³/mol. The van der Waals surface area contributed by atoms with E-state index in [4.69, 9.17) is 25.8 Å². The van der Waals surface area contributed by atoms with Gasteiger partial charge in [0.05, 0.1) is 30.7 Å². The Labute approximate surface area is 200 Å². The molecular formula is C21H16ClF4N3O4S. The molecule has 3 aromatic rings. The first kappa shape index (κ1) is 24.1. The van der Waals surface area contributed by atoms with Crippen LogP contribution >= 0.6 is 23.4 Å². The SMILES string of the molecule is COc1ccc(F)c([C@H]2S[C@H](OC(C)=O)c3nnc(C(F)(F)F)n3-c3ccc(Cl)cc32)c1OC. The number of carbonyl (C=O) groups excluding carboxylic acids is 1. The van der Waals surface area contributed by atoms with Gasteiger partial charge in [-0.2, -0.15) is 13.2 Å². The Balaban J connectivity index is 2.07. The Morgan fingerprint density at radius 3 is 2.50 bits per heavy atom. The molecular weight excluding hydrogens is 502 g/mol. The van der Waals surface area contributed by atoms with Crippen molar-refractivity contribution in [1.82, 2.24) is 14.8 Å². The fourth-order valence-corrected chi connectivity index (χ4v) is 5.28. The zero-order valence-corrected chi connectivity index (χ0v) is 19.4. The van der Waals surface area contributed by atoms with E-state index in [-0.39, 0.29) is 39.2 Å². The lowest BCUT2D eigenvalue weighted by atomic mass is 10.00. The number of ether oxygens (including phenoxy) is 3. The summed E-state index contributed by atoms with van der Waals surface area (Å²) in [6.45, 7) is 1.10. The highest BCUT2D eigenvalue weighted by molar-refractivity contribution is 7.99. The number of carbonyl (C=O) groups is 1. The predicted octanol–water partition coefficient (Wildman–Crippen LogP) is 5.49. The van der Waals surface area contributed by atoms with Crippen LogP contribution in [0.2, 0.25) is 5.02 Å². The minimum atomic E-state index is -4.88. The molecule has 1 aliphatic heterocycles. The summed E-state index contributed by atoms with van der Waals surface area (Å²) in [6.07, 6.45) is -4.88. The first-order valence-corrected chi connectivity index (χ1v) is 10.9. The average molecular weight is 518 g/mol. The summed E-state index contributed by atoms with van der Waals surface area (Å²) in [6, 6.07) is 6.64. The van der Waals surface area contributed by atoms with Crippen molar-refractivity contribution < 1.29 is 36.6 Å². The number of nitrogens with zero attached hydrogens (tertiary/aromatic N) is 3. The molecule has 1 aromatic heterocycles. The molecule has 13 heteroatoms. The Hall–Kier alpha value is -2.99. The molecule has 7 nitrogen and oxygen atoms in total. The standard InChI is InChI=1S/C21H16ClF4N3O4S/c1-9(30)33-19-18-27-28-20(21(24,25)26)29(18)13-6-4-10(22)8-11(13)17(34-19)15-12(23)5-7-14(31-2)16(15)32-3/h4-8,17,19H,1-3H3/t17-,19-/m0/s1. The second-order valence-electron chi connectivity index (χ2n) is 7.07. The summed E-state index contributed by atoms with van der Waals surface area (Å²) in [5, 5.41) is 6.13. The zero-order valence-electron chi connectivity index (χ0n) is 17.8. The number of aromatic nitrogens is 3. The van der Waals surface area contributed by atoms with Crippen LogP contribution in [0.25, 0.3) is 5.69 Å². The second kappa shape index (κ2) is 8.99. The second-order valence-corrected chi connectivity index (χ2v) is 8.68. The van der Waals surface area contributed by atoms with E-state index in [1.54, 1.807) is 0 Å². The van der Waals surface area contributed by atoms with Gasteiger partial charge in [-0.15, -0.1) is 10.2 Å². The number of methoxy groups -OCH3 is 2. The summed E-state index contributed by atoms with van der Waals surface area (Å²) >= 11 is 7.05. The van der Waals surface area contributed by atoms with Crippen molar-refractivity contribution in [3.63, 3.8) is 0 Å². The van der Waals surface area contributed by atoms with Gasteiger partial charge in [0.2, 0.25) is 11.3 Å². The van der Waals surface area contributed by atoms with Crippen LogP contribution in [0.5, 0.6) is 11.5 Å². The lowest BCUT2D eigenvalue weighted by Crippen LogP contribution is -2.17. The number of esters is 1. The van der Waals surface area contributed by atoms with Crippen molar-refractivity contribution in [2.45, 2.75) is 23.8 Å². The summed E-state index contributed by atoms with van der Waals surface area (Å²) in [5.74, 6) is -2.88. The first-order valence-electron chi connectivity index (χ1n) is 9.62. The number of fused-ring (bicyclic) bond motifs is 3. The van der Waals surface area contributed by atoms with Crippen molar-refractivity contribution in [3.05, 3.63) is 63.9 Å². The van der Waals surface area contributed by atoms with E-state index in [2.05, 4.69) is 10.2 Å². The van der Waals surface area contributed by atoms with Crippen molar-refractivity contribution in [2.24, 2.45) is 0 Å². The smallest absolute Gasteiger partial charge is 0.452 e. The van der Waals surface area contributed by atoms with Gasteiger partial charge in [-0.3, -0.25) is 9.36 Å². The van der Waals surface area contributed by atoms with Crippen molar-refractivity contribution in [3.8, 4) is 17.2 Å². The van der Waals surface area contributed by atoms with Gasteiger partial charge in [-0.25, -0.2) is 4.39 Å². The van der Waals surface area contributed by atoms with Crippen LogP contribution in [0.4, 0.5) is 17.6 Å². The lowest BCUT2D eigenvalue weighted by Gasteiger charge is -2.24. The van der Waals surface area contributed by atoms with Crippen molar-refractivity contribution in [1.29, 1.82) is 0 Å². The number of alkyl halides is 3. The van der Waals surface area contributed by atoms with Gasteiger partial charge in [0.25, 0.3) is 0 Å². The Morgan fingerprint density at radius 2 is 1.88 bits per heavy atom. The minimum absolute atomic E-state index is 0.00634. The third kappa shape index (κ3) is 4.16. The molecule has 0 fully saturated rings. The van der Waals surface area contributed by atoms with Gasteiger partial charge < -0.3 is 14.2 Å². The van der Waals surface area contributed by atoms with E-state index in [0.29, 0.717) is 0 Å². The summed E-state index contributed by atoms with van der Waals surface area (Å²) in [4.78, 5) is 11.8. The molecule has 180 valence electrons. The Kier molecular flexibility index (Phi) is 6.38. The van der Waals surface area contributed by atoms with Crippen LogP contribution in [0.15, 0.2) is 30.3 Å². The van der Waals surface area contributed by atoms with Gasteiger partial charge in [-0.05, 0) is 35.9 Å². The van der Waals surface area contributed by atoms with E-state index in [0.717, 1.165) is 29.3 Å². The molecule has 0 saturated carbocycles. The van der Waals surface area contributed by atoms with Crippen LogP contribution in [0.1, 0.15) is 40.4 Å². The van der Waals surface area contributed by atoms with E-state index in [1.165, 1.54) is 38.5 Å². The maximum absolute atomic E-state index is 15.3. The molecule has 2 heterocycles. The Bertz CT molecular complexity index is 1270. The molecule has 0 radical (unpaired) electrons. The monoisotopic (exact) mass is 517 g/mol. The van der Waals surface area contributed by atoms with Gasteiger partial charge in [-0.1, -0.05) is 23.4 Å². The molecule has 0 amide bonds. The van der Waals surface area contributed by atoms with Crippen LogP contribution in [0.3, 0.4) is 0 Å². The number of halogens is 5. The minimum Gasteiger partial charge on any atom is -0.493 e. The van der Waals surface area contributed by atoms with Crippen molar-refractivity contribution in [2.75, 3.05) is 14.2 Å². The number of thioether (sulfide) groups is 1. The van der Waals surface area contributed by atoms with Gasteiger partial charge in [0.1, 0.15) is 5.82 Å². The molecule has 4 rings (SSSR count). The van der Waals surface area contributed by atoms with Gasteiger partial charge >= 0.3 is 12.1 Å². The summed E-state index contributed by atoms with van der Waals surface area (Å²) < 4.78 is 73.6. The van der Waals surface area contributed by atoms with E-state index < -0.39 is 34.5 Å². The highest BCUT2D eigenvalue weighted by atomic mass is 35.5. The number of rotatable bonds is 4. The van der Waals surface area contributed by atoms with E-state index in [1.807, 2.05) is 0 Å². The van der Waals surface area contributed by atoms with Crippen LogP contribution in [-0.2, 0) is 15.7 Å². The topological polar surface area (TPSA) is 75.5 Å². The maximum Gasteiger partial charge on any atom is 0.452 e. The van der Waals surface area contributed by atoms with Crippen molar-refractivity contribution >= 4 is 29.3 Å². The molecule has 2 aromatic carbocycles. The molecule has 34 heavy (non-hydrogen) atoms. The highest BCUT2D eigenvalue weighted by Crippen LogP contribution is 2.54. The van der Waals surface area contributed by atoms with Crippen LogP contribution in [0, 0.1) is 5.82 Å². The quantitative estimate of drug-likeness (QED) is 0.334. The normalized spacial score (nSPS) is 17.4. The molecule has 0 aliphatic carbocycles. The summed E-state index contributed by atoms with van der Waals surface area (Å²) in [5.41, 5.74) is -1.20. The molecule has 0 bridgehead atoms. The Morgan fingerprint density at radius 1 is 1.15 bits per heavy atom. The van der Waals surface area contributed by atoms with Crippen LogP contribution in [-0.4, -0.2) is 35.0 Å². The number of benzene rings is 2. The first-order chi connectivity index (χ1) is 16.1. The molecule has 0 unspecified atom stereocenters. The van der Waals surface area contributed by atoms with E-state index >= 15 is 4.39 Å². The largest absolute Gasteiger partial charge is 0.493 e. The number of hydrogen-bond donors (Lipinski definition) is 0. The van der Waals surface area contributed by atoms with Crippen LogP contribution < -0.4 is 9.47 Å². The van der Waals surface area contributed by atoms with Gasteiger partial charge in [0.15, 0.2) is 17.3 Å². The molecule has 0 N–H and O–H groups in total. The molecule has 0 spiro atoms. The average Bonchev–Trinajstić information content (AvgIpc) is 3.17. The zero-order chi connectivity index (χ0) is 24.8. The molecule has 1 aliphatic rings. The number of hydrogen-bond acceptors (Lipinski definition) is 7. The third-order valence-electron chi connectivity index (χ3n) is 4.99. The lowest BCUT2D eigenvalue weighted by molar-refractivity contribution is -0.146. The van der Waals surface area contributed by atoms with E-state index in [9.17, 15) is 18.0 Å². The molecule has 2 atom stereocenters.